The number of carbonyl (C=O) groups excluding carboxylic acids is 1. The summed E-state index contributed by atoms with van der Waals surface area (Å²) in [5.41, 5.74) is 1.19. The van der Waals surface area contributed by atoms with E-state index in [9.17, 15) is 9.18 Å². The summed E-state index contributed by atoms with van der Waals surface area (Å²) in [4.78, 5) is 13.4. The lowest BCUT2D eigenvalue weighted by atomic mass is 10.2. The van der Waals surface area contributed by atoms with Crippen LogP contribution in [0.2, 0.25) is 5.02 Å². The third kappa shape index (κ3) is 4.41. The number of benzene rings is 2. The number of nitrogens with one attached hydrogen (secondary N) is 1. The van der Waals surface area contributed by atoms with Gasteiger partial charge in [-0.2, -0.15) is 5.10 Å². The van der Waals surface area contributed by atoms with Crippen molar-refractivity contribution in [3.05, 3.63) is 76.7 Å². The second kappa shape index (κ2) is 7.72. The lowest BCUT2D eigenvalue weighted by Crippen LogP contribution is -2.13. The standard InChI is InChI=1S/C18H15ClFN3OS/c1-25-14-5-6-16(19)15(10-14)18(24)21-17-7-8-23(22-17)11-12-3-2-4-13(20)9-12/h2-10H,11H2,1H3,(H,21,22,24). The van der Waals surface area contributed by atoms with E-state index < -0.39 is 0 Å². The molecule has 1 aromatic heterocycles. The number of thioether (sulfide) groups is 1. The van der Waals surface area contributed by atoms with Crippen LogP contribution in [0, 0.1) is 5.82 Å². The molecule has 0 saturated heterocycles. The van der Waals surface area contributed by atoms with Crippen LogP contribution >= 0.6 is 23.4 Å². The number of aromatic nitrogens is 2. The summed E-state index contributed by atoms with van der Waals surface area (Å²) in [5.74, 6) is -0.203. The minimum atomic E-state index is -0.322. The minimum Gasteiger partial charge on any atom is -0.305 e. The van der Waals surface area contributed by atoms with E-state index in [2.05, 4.69) is 10.4 Å². The fourth-order valence-corrected chi connectivity index (χ4v) is 2.97. The molecule has 1 amide bonds. The molecule has 0 aliphatic carbocycles. The molecule has 0 fully saturated rings. The first kappa shape index (κ1) is 17.5. The summed E-state index contributed by atoms with van der Waals surface area (Å²) in [6.45, 7) is 0.413. The summed E-state index contributed by atoms with van der Waals surface area (Å²) in [5, 5.41) is 7.40. The Morgan fingerprint density at radius 3 is 2.88 bits per heavy atom. The fourth-order valence-electron chi connectivity index (χ4n) is 2.33. The normalized spacial score (nSPS) is 10.7. The van der Waals surface area contributed by atoms with Gasteiger partial charge in [0, 0.05) is 17.2 Å². The van der Waals surface area contributed by atoms with Crippen LogP contribution in [-0.4, -0.2) is 21.9 Å². The fraction of sp³-hybridized carbons (Fsp3) is 0.111. The Labute approximate surface area is 154 Å². The zero-order chi connectivity index (χ0) is 17.8. The Hall–Kier alpha value is -2.31. The second-order valence-corrected chi connectivity index (χ2v) is 6.62. The van der Waals surface area contributed by atoms with E-state index in [1.807, 2.05) is 18.4 Å². The molecular weight excluding hydrogens is 361 g/mol. The smallest absolute Gasteiger partial charge is 0.258 e. The van der Waals surface area contributed by atoms with Crippen molar-refractivity contribution >= 4 is 35.1 Å². The molecule has 0 atom stereocenters. The first-order chi connectivity index (χ1) is 12.0. The molecule has 3 rings (SSSR count). The van der Waals surface area contributed by atoms with Crippen molar-refractivity contribution in [1.29, 1.82) is 0 Å². The Kier molecular flexibility index (Phi) is 5.40. The molecule has 0 radical (unpaired) electrons. The van der Waals surface area contributed by atoms with Gasteiger partial charge in [-0.1, -0.05) is 23.7 Å². The van der Waals surface area contributed by atoms with Crippen LogP contribution < -0.4 is 5.32 Å². The lowest BCUT2D eigenvalue weighted by molar-refractivity contribution is 0.102. The van der Waals surface area contributed by atoms with Gasteiger partial charge in [-0.25, -0.2) is 4.39 Å². The zero-order valence-electron chi connectivity index (χ0n) is 13.4. The van der Waals surface area contributed by atoms with Gasteiger partial charge in [0.2, 0.25) is 0 Å². The summed E-state index contributed by atoms with van der Waals surface area (Å²) >= 11 is 7.64. The number of carbonyl (C=O) groups is 1. The second-order valence-electron chi connectivity index (χ2n) is 5.33. The maximum atomic E-state index is 13.2. The van der Waals surface area contributed by atoms with Gasteiger partial charge in [0.05, 0.1) is 17.1 Å². The van der Waals surface area contributed by atoms with Gasteiger partial charge in [0.15, 0.2) is 5.82 Å². The van der Waals surface area contributed by atoms with Crippen molar-refractivity contribution < 1.29 is 9.18 Å². The van der Waals surface area contributed by atoms with E-state index in [0.717, 1.165) is 10.5 Å². The average Bonchev–Trinajstić information content (AvgIpc) is 3.02. The molecule has 4 nitrogen and oxygen atoms in total. The highest BCUT2D eigenvalue weighted by molar-refractivity contribution is 7.98. The topological polar surface area (TPSA) is 46.9 Å². The summed E-state index contributed by atoms with van der Waals surface area (Å²) in [7, 11) is 0. The average molecular weight is 376 g/mol. The summed E-state index contributed by atoms with van der Waals surface area (Å²) in [6, 6.07) is 13.3. The van der Waals surface area contributed by atoms with Crippen molar-refractivity contribution in [2.75, 3.05) is 11.6 Å². The van der Waals surface area contributed by atoms with Gasteiger partial charge in [0.1, 0.15) is 5.82 Å². The van der Waals surface area contributed by atoms with Gasteiger partial charge >= 0.3 is 0 Å². The molecule has 0 unspecified atom stereocenters. The van der Waals surface area contributed by atoms with Crippen LogP contribution in [0.4, 0.5) is 10.2 Å². The monoisotopic (exact) mass is 375 g/mol. The van der Waals surface area contributed by atoms with Crippen molar-refractivity contribution in [1.82, 2.24) is 9.78 Å². The Morgan fingerprint density at radius 1 is 1.28 bits per heavy atom. The van der Waals surface area contributed by atoms with Crippen LogP contribution in [-0.2, 0) is 6.54 Å². The Balaban J connectivity index is 1.72. The van der Waals surface area contributed by atoms with Crippen molar-refractivity contribution in [3.8, 4) is 0 Å². The number of rotatable bonds is 5. The number of nitrogens with zero attached hydrogens (tertiary/aromatic N) is 2. The SMILES string of the molecule is CSc1ccc(Cl)c(C(=O)Nc2ccn(Cc3cccc(F)c3)n2)c1. The van der Waals surface area contributed by atoms with Crippen LogP contribution in [0.1, 0.15) is 15.9 Å². The molecule has 25 heavy (non-hydrogen) atoms. The van der Waals surface area contributed by atoms with Gasteiger partial charge in [-0.05, 0) is 42.2 Å². The molecule has 7 heteroatoms. The number of hydrogen-bond acceptors (Lipinski definition) is 3. The van der Waals surface area contributed by atoms with Crippen LogP contribution in [0.25, 0.3) is 0 Å². The van der Waals surface area contributed by atoms with Gasteiger partial charge in [-0.15, -0.1) is 11.8 Å². The number of halogens is 2. The number of amides is 1. The number of hydrogen-bond donors (Lipinski definition) is 1. The van der Waals surface area contributed by atoms with Crippen LogP contribution in [0.15, 0.2) is 59.6 Å². The van der Waals surface area contributed by atoms with E-state index in [1.165, 1.54) is 23.9 Å². The largest absolute Gasteiger partial charge is 0.305 e. The third-order valence-corrected chi connectivity index (χ3v) is 4.59. The predicted octanol–water partition coefficient (Wildman–Crippen LogP) is 4.70. The molecule has 0 aliphatic heterocycles. The molecule has 3 aromatic rings. The highest BCUT2D eigenvalue weighted by Gasteiger charge is 2.13. The molecule has 0 spiro atoms. The molecule has 2 aromatic carbocycles. The predicted molar refractivity (Wildman–Crippen MR) is 98.9 cm³/mol. The highest BCUT2D eigenvalue weighted by Crippen LogP contribution is 2.23. The van der Waals surface area contributed by atoms with E-state index in [1.54, 1.807) is 35.1 Å². The zero-order valence-corrected chi connectivity index (χ0v) is 14.9. The Bertz CT molecular complexity index is 913. The lowest BCUT2D eigenvalue weighted by Gasteiger charge is -2.06. The summed E-state index contributed by atoms with van der Waals surface area (Å²) < 4.78 is 14.9. The van der Waals surface area contributed by atoms with E-state index in [4.69, 9.17) is 11.6 Å². The summed E-state index contributed by atoms with van der Waals surface area (Å²) in [6.07, 6.45) is 3.65. The quantitative estimate of drug-likeness (QED) is 0.657. The van der Waals surface area contributed by atoms with Crippen LogP contribution in [0.3, 0.4) is 0 Å². The molecule has 128 valence electrons. The van der Waals surface area contributed by atoms with E-state index in [0.29, 0.717) is 22.9 Å². The minimum absolute atomic E-state index is 0.290. The van der Waals surface area contributed by atoms with Gasteiger partial charge < -0.3 is 5.32 Å². The first-order valence-electron chi connectivity index (χ1n) is 7.48. The Morgan fingerprint density at radius 2 is 2.12 bits per heavy atom. The van der Waals surface area contributed by atoms with Gasteiger partial charge in [-0.3, -0.25) is 9.48 Å². The molecule has 0 aliphatic rings. The van der Waals surface area contributed by atoms with E-state index in [-0.39, 0.29) is 11.7 Å². The molecule has 0 bridgehead atoms. The van der Waals surface area contributed by atoms with Crippen molar-refractivity contribution in [2.45, 2.75) is 11.4 Å². The maximum absolute atomic E-state index is 13.2. The molecule has 1 heterocycles. The molecular formula is C18H15ClFN3OS. The van der Waals surface area contributed by atoms with Crippen molar-refractivity contribution in [2.24, 2.45) is 0 Å². The molecule has 1 N–H and O–H groups in total. The van der Waals surface area contributed by atoms with Crippen LogP contribution in [0.5, 0.6) is 0 Å². The maximum Gasteiger partial charge on any atom is 0.258 e. The third-order valence-electron chi connectivity index (χ3n) is 3.53. The van der Waals surface area contributed by atoms with Crippen molar-refractivity contribution in [3.63, 3.8) is 0 Å². The van der Waals surface area contributed by atoms with E-state index >= 15 is 0 Å². The molecule has 0 saturated carbocycles. The first-order valence-corrected chi connectivity index (χ1v) is 9.08. The number of anilines is 1. The van der Waals surface area contributed by atoms with Gasteiger partial charge in [0.25, 0.3) is 5.91 Å². The highest BCUT2D eigenvalue weighted by atomic mass is 35.5.